The fourth-order valence-corrected chi connectivity index (χ4v) is 3.82. The fraction of sp³-hybridized carbons (Fsp3) is 0.267. The van der Waals surface area contributed by atoms with Crippen molar-refractivity contribution in [1.29, 1.82) is 0 Å². The summed E-state index contributed by atoms with van der Waals surface area (Å²) in [5, 5.41) is 2.64. The highest BCUT2D eigenvalue weighted by Crippen LogP contribution is 2.23. The van der Waals surface area contributed by atoms with Gasteiger partial charge in [0.1, 0.15) is 5.56 Å². The minimum Gasteiger partial charge on any atom is -0.449 e. The second kappa shape index (κ2) is 8.08. The van der Waals surface area contributed by atoms with E-state index in [1.54, 1.807) is 6.07 Å². The second-order valence-electron chi connectivity index (χ2n) is 4.70. The highest BCUT2D eigenvalue weighted by atomic mass is 127. The maximum atomic E-state index is 12.0. The molecule has 0 aliphatic carbocycles. The van der Waals surface area contributed by atoms with E-state index in [-0.39, 0.29) is 12.2 Å². The average Bonchev–Trinajstić information content (AvgIpc) is 2.47. The molecule has 8 heteroatoms. The Bertz CT molecular complexity index is 815. The van der Waals surface area contributed by atoms with E-state index in [2.05, 4.69) is 45.2 Å². The van der Waals surface area contributed by atoms with Gasteiger partial charge in [0.15, 0.2) is 5.58 Å². The van der Waals surface area contributed by atoms with E-state index in [0.717, 1.165) is 13.6 Å². The SMILES string of the molecule is CCCCOC(=O)NC(=O)c1cc2cc(I)cc(I)c2oc1=O. The van der Waals surface area contributed by atoms with Gasteiger partial charge in [-0.2, -0.15) is 0 Å². The van der Waals surface area contributed by atoms with Gasteiger partial charge in [-0.05, 0) is 69.8 Å². The van der Waals surface area contributed by atoms with E-state index in [9.17, 15) is 14.4 Å². The van der Waals surface area contributed by atoms with E-state index in [0.29, 0.717) is 17.4 Å². The number of alkyl carbamates (subject to hydrolysis) is 1. The highest BCUT2D eigenvalue weighted by molar-refractivity contribution is 14.1. The van der Waals surface area contributed by atoms with Gasteiger partial charge in [-0.1, -0.05) is 13.3 Å². The predicted molar refractivity (Wildman–Crippen MR) is 102 cm³/mol. The molecule has 2 aromatic rings. The van der Waals surface area contributed by atoms with Gasteiger partial charge < -0.3 is 9.15 Å². The van der Waals surface area contributed by atoms with Crippen LogP contribution in [0.3, 0.4) is 0 Å². The number of imide groups is 1. The van der Waals surface area contributed by atoms with Crippen LogP contribution in [0.5, 0.6) is 0 Å². The number of carbonyl (C=O) groups is 2. The highest BCUT2D eigenvalue weighted by Gasteiger charge is 2.18. The lowest BCUT2D eigenvalue weighted by Gasteiger charge is -2.06. The molecule has 0 saturated heterocycles. The van der Waals surface area contributed by atoms with Crippen LogP contribution in [-0.2, 0) is 4.74 Å². The zero-order chi connectivity index (χ0) is 17.0. The van der Waals surface area contributed by atoms with Gasteiger partial charge in [0, 0.05) is 8.96 Å². The van der Waals surface area contributed by atoms with Gasteiger partial charge >= 0.3 is 11.7 Å². The van der Waals surface area contributed by atoms with Gasteiger partial charge in [-0.25, -0.2) is 9.59 Å². The molecule has 1 aromatic heterocycles. The summed E-state index contributed by atoms with van der Waals surface area (Å²) in [6.07, 6.45) is 0.698. The molecule has 2 amide bonds. The first kappa shape index (κ1) is 18.2. The van der Waals surface area contributed by atoms with Crippen molar-refractivity contribution < 1.29 is 18.7 Å². The number of carbonyl (C=O) groups excluding carboxylic acids is 2. The molecule has 0 unspecified atom stereocenters. The third-order valence-corrected chi connectivity index (χ3v) is 4.37. The van der Waals surface area contributed by atoms with Crippen LogP contribution in [0.25, 0.3) is 11.0 Å². The van der Waals surface area contributed by atoms with E-state index in [1.165, 1.54) is 6.07 Å². The van der Waals surface area contributed by atoms with E-state index in [4.69, 9.17) is 9.15 Å². The lowest BCUT2D eigenvalue weighted by Crippen LogP contribution is -2.34. The maximum Gasteiger partial charge on any atom is 0.414 e. The lowest BCUT2D eigenvalue weighted by molar-refractivity contribution is 0.0915. The monoisotopic (exact) mass is 541 g/mol. The zero-order valence-electron chi connectivity index (χ0n) is 12.2. The molecule has 1 N–H and O–H groups in total. The summed E-state index contributed by atoms with van der Waals surface area (Å²) in [6.45, 7) is 2.17. The molecule has 0 atom stereocenters. The third-order valence-electron chi connectivity index (χ3n) is 2.94. The quantitative estimate of drug-likeness (QED) is 0.363. The van der Waals surface area contributed by atoms with Crippen molar-refractivity contribution in [3.63, 3.8) is 0 Å². The molecular weight excluding hydrogens is 528 g/mol. The van der Waals surface area contributed by atoms with Crippen LogP contribution in [0.4, 0.5) is 4.79 Å². The minimum atomic E-state index is -0.875. The number of ether oxygens (including phenoxy) is 1. The largest absolute Gasteiger partial charge is 0.449 e. The van der Waals surface area contributed by atoms with Crippen molar-refractivity contribution in [3.05, 3.63) is 41.3 Å². The number of rotatable bonds is 4. The van der Waals surface area contributed by atoms with Gasteiger partial charge in [0.05, 0.1) is 10.2 Å². The number of hydrogen-bond acceptors (Lipinski definition) is 5. The average molecular weight is 541 g/mol. The van der Waals surface area contributed by atoms with Crippen molar-refractivity contribution in [2.45, 2.75) is 19.8 Å². The summed E-state index contributed by atoms with van der Waals surface area (Å²) in [7, 11) is 0. The van der Waals surface area contributed by atoms with Crippen molar-refractivity contribution in [2.24, 2.45) is 0 Å². The third kappa shape index (κ3) is 4.66. The first-order valence-corrected chi connectivity index (χ1v) is 8.99. The summed E-state index contributed by atoms with van der Waals surface area (Å²) >= 11 is 4.19. The molecule has 1 heterocycles. The van der Waals surface area contributed by atoms with E-state index < -0.39 is 17.6 Å². The van der Waals surface area contributed by atoms with Crippen LogP contribution in [-0.4, -0.2) is 18.6 Å². The number of hydrogen-bond donors (Lipinski definition) is 1. The molecule has 23 heavy (non-hydrogen) atoms. The summed E-state index contributed by atoms with van der Waals surface area (Å²) < 4.78 is 11.7. The Hall–Kier alpha value is -1.17. The molecule has 0 aliphatic heterocycles. The fourth-order valence-electron chi connectivity index (χ4n) is 1.82. The summed E-state index contributed by atoms with van der Waals surface area (Å²) in [6, 6.07) is 5.06. The van der Waals surface area contributed by atoms with Crippen LogP contribution in [0, 0.1) is 7.14 Å². The molecule has 0 aliphatic rings. The number of unbranched alkanes of at least 4 members (excludes halogenated alkanes) is 1. The maximum absolute atomic E-state index is 12.0. The molecule has 2 rings (SSSR count). The van der Waals surface area contributed by atoms with Crippen molar-refractivity contribution in [1.82, 2.24) is 5.32 Å². The Morgan fingerprint density at radius 2 is 2.00 bits per heavy atom. The number of halogens is 2. The molecule has 122 valence electrons. The molecule has 0 spiro atoms. The Kier molecular flexibility index (Phi) is 6.39. The molecule has 6 nitrogen and oxygen atoms in total. The van der Waals surface area contributed by atoms with Crippen LogP contribution >= 0.6 is 45.2 Å². The predicted octanol–water partition coefficient (Wildman–Crippen LogP) is 3.67. The van der Waals surface area contributed by atoms with Crippen molar-refractivity contribution >= 4 is 68.2 Å². The summed E-state index contributed by atoms with van der Waals surface area (Å²) in [4.78, 5) is 35.5. The van der Waals surface area contributed by atoms with E-state index in [1.807, 2.05) is 18.3 Å². The number of amides is 2. The van der Waals surface area contributed by atoms with Crippen LogP contribution in [0.15, 0.2) is 27.4 Å². The molecule has 0 bridgehead atoms. The van der Waals surface area contributed by atoms with E-state index >= 15 is 0 Å². The summed E-state index contributed by atoms with van der Waals surface area (Å²) in [5.74, 6) is -0.837. The Morgan fingerprint density at radius 1 is 1.26 bits per heavy atom. The molecule has 0 fully saturated rings. The topological polar surface area (TPSA) is 85.6 Å². The molecule has 0 radical (unpaired) electrons. The number of nitrogens with one attached hydrogen (secondary N) is 1. The zero-order valence-corrected chi connectivity index (χ0v) is 16.5. The standard InChI is InChI=1S/C15H13I2NO5/c1-2-3-4-22-15(21)18-13(19)10-6-8-5-9(16)7-11(17)12(8)23-14(10)20/h5-7H,2-4H2,1H3,(H,18,19,21). The van der Waals surface area contributed by atoms with Gasteiger partial charge in [0.25, 0.3) is 5.91 Å². The van der Waals surface area contributed by atoms with Crippen LogP contribution in [0.2, 0.25) is 0 Å². The lowest BCUT2D eigenvalue weighted by atomic mass is 10.2. The normalized spacial score (nSPS) is 10.6. The Labute approximate surface area is 159 Å². The number of benzene rings is 1. The second-order valence-corrected chi connectivity index (χ2v) is 7.10. The Morgan fingerprint density at radius 3 is 2.70 bits per heavy atom. The first-order valence-electron chi connectivity index (χ1n) is 6.83. The molecule has 1 aromatic carbocycles. The Balaban J connectivity index is 2.25. The number of fused-ring (bicyclic) bond motifs is 1. The molecule has 0 saturated carbocycles. The van der Waals surface area contributed by atoms with Crippen molar-refractivity contribution in [2.75, 3.05) is 6.61 Å². The van der Waals surface area contributed by atoms with Crippen LogP contribution < -0.4 is 10.9 Å². The smallest absolute Gasteiger partial charge is 0.414 e. The minimum absolute atomic E-state index is 0.221. The first-order chi connectivity index (χ1) is 10.9. The van der Waals surface area contributed by atoms with Crippen LogP contribution in [0.1, 0.15) is 30.1 Å². The van der Waals surface area contributed by atoms with Gasteiger partial charge in [-0.15, -0.1) is 0 Å². The molecular formula is C15H13I2NO5. The summed E-state index contributed by atoms with van der Waals surface area (Å²) in [5.41, 5.74) is -0.615. The van der Waals surface area contributed by atoms with Gasteiger partial charge in [0.2, 0.25) is 0 Å². The van der Waals surface area contributed by atoms with Gasteiger partial charge in [-0.3, -0.25) is 10.1 Å². The van der Waals surface area contributed by atoms with Crippen molar-refractivity contribution in [3.8, 4) is 0 Å².